The summed E-state index contributed by atoms with van der Waals surface area (Å²) in [5.74, 6) is 0. The fraction of sp³-hybridized carbons (Fsp3) is 0.214. The van der Waals surface area contributed by atoms with E-state index in [1.165, 1.54) is 0 Å². The first-order chi connectivity index (χ1) is 8.31. The minimum atomic E-state index is -0.0619. The number of fused-ring (bicyclic) bond motifs is 1. The van der Waals surface area contributed by atoms with E-state index in [9.17, 15) is 4.79 Å². The Labute approximate surface area is 99.4 Å². The van der Waals surface area contributed by atoms with Crippen molar-refractivity contribution in [2.45, 2.75) is 12.8 Å². The van der Waals surface area contributed by atoms with Gasteiger partial charge in [0.15, 0.2) is 0 Å². The maximum Gasteiger partial charge on any atom is 0.255 e. The summed E-state index contributed by atoms with van der Waals surface area (Å²) < 4.78 is 0. The number of benzene rings is 1. The van der Waals surface area contributed by atoms with Crippen LogP contribution in [0.4, 0.5) is 0 Å². The van der Waals surface area contributed by atoms with Crippen LogP contribution in [0, 0.1) is 0 Å². The van der Waals surface area contributed by atoms with Gasteiger partial charge in [0.25, 0.3) is 5.56 Å². The largest absolute Gasteiger partial charge is 0.396 e. The molecule has 17 heavy (non-hydrogen) atoms. The summed E-state index contributed by atoms with van der Waals surface area (Å²) in [6.45, 7) is 0.210. The van der Waals surface area contributed by atoms with Crippen molar-refractivity contribution in [3.63, 3.8) is 0 Å². The zero-order chi connectivity index (χ0) is 12.1. The van der Waals surface area contributed by atoms with Gasteiger partial charge in [-0.05, 0) is 35.9 Å². The van der Waals surface area contributed by atoms with Gasteiger partial charge >= 0.3 is 0 Å². The van der Waals surface area contributed by atoms with Gasteiger partial charge in [-0.15, -0.1) is 0 Å². The number of pyridine rings is 1. The number of aromatic amines is 1. The lowest BCUT2D eigenvalue weighted by Gasteiger charge is -1.98. The average Bonchev–Trinajstić information content (AvgIpc) is 2.36. The van der Waals surface area contributed by atoms with Crippen LogP contribution in [0.15, 0.2) is 41.3 Å². The van der Waals surface area contributed by atoms with Crippen LogP contribution in [-0.2, 0) is 0 Å². The first kappa shape index (κ1) is 11.6. The molecule has 1 aromatic carbocycles. The molecular weight excluding hydrogens is 214 g/mol. The highest BCUT2D eigenvalue weighted by molar-refractivity contribution is 5.83. The molecule has 0 saturated carbocycles. The Morgan fingerprint density at radius 2 is 2.18 bits per heavy atom. The molecule has 0 saturated heterocycles. The van der Waals surface area contributed by atoms with Crippen molar-refractivity contribution < 1.29 is 5.11 Å². The van der Waals surface area contributed by atoms with Crippen LogP contribution < -0.4 is 5.56 Å². The molecule has 2 aromatic rings. The van der Waals surface area contributed by atoms with Crippen LogP contribution in [0.25, 0.3) is 16.8 Å². The highest BCUT2D eigenvalue weighted by atomic mass is 16.2. The summed E-state index contributed by atoms with van der Waals surface area (Å²) in [4.78, 5) is 14.3. The molecule has 0 amide bonds. The van der Waals surface area contributed by atoms with Crippen LogP contribution in [0.5, 0.6) is 0 Å². The fourth-order valence-corrected chi connectivity index (χ4v) is 1.73. The summed E-state index contributed by atoms with van der Waals surface area (Å²) >= 11 is 0. The van der Waals surface area contributed by atoms with E-state index < -0.39 is 0 Å². The molecule has 88 valence electrons. The molecule has 2 N–H and O–H groups in total. The van der Waals surface area contributed by atoms with E-state index >= 15 is 0 Å². The Morgan fingerprint density at radius 3 is 3.00 bits per heavy atom. The van der Waals surface area contributed by atoms with Gasteiger partial charge in [0, 0.05) is 18.2 Å². The summed E-state index contributed by atoms with van der Waals surface area (Å²) in [5.41, 5.74) is 0.945. The van der Waals surface area contributed by atoms with Crippen LogP contribution in [-0.4, -0.2) is 16.7 Å². The molecule has 3 nitrogen and oxygen atoms in total. The van der Waals surface area contributed by atoms with Crippen molar-refractivity contribution in [3.05, 3.63) is 52.5 Å². The van der Waals surface area contributed by atoms with Crippen LogP contribution >= 0.6 is 0 Å². The normalized spacial score (nSPS) is 11.4. The molecule has 2 rings (SSSR count). The number of aromatic nitrogens is 1. The number of hydrogen-bond acceptors (Lipinski definition) is 2. The summed E-state index contributed by atoms with van der Waals surface area (Å²) in [5, 5.41) is 10.3. The van der Waals surface area contributed by atoms with E-state index in [4.69, 9.17) is 5.11 Å². The minimum absolute atomic E-state index is 0.0619. The van der Waals surface area contributed by atoms with E-state index in [1.807, 2.05) is 36.4 Å². The summed E-state index contributed by atoms with van der Waals surface area (Å²) in [6, 6.07) is 7.69. The van der Waals surface area contributed by atoms with Gasteiger partial charge in [0.05, 0.1) is 0 Å². The number of H-pyrrole nitrogens is 1. The second-order valence-electron chi connectivity index (χ2n) is 3.92. The molecular formula is C14H15NO2. The highest BCUT2D eigenvalue weighted by Crippen LogP contribution is 2.13. The molecule has 0 radical (unpaired) electrons. The molecule has 0 unspecified atom stereocenters. The summed E-state index contributed by atoms with van der Waals surface area (Å²) in [7, 11) is 0. The van der Waals surface area contributed by atoms with E-state index in [-0.39, 0.29) is 12.2 Å². The smallest absolute Gasteiger partial charge is 0.255 e. The van der Waals surface area contributed by atoms with Crippen molar-refractivity contribution in [3.8, 4) is 0 Å². The average molecular weight is 229 g/mol. The molecule has 1 aromatic heterocycles. The number of aliphatic hydroxyl groups is 1. The lowest BCUT2D eigenvalue weighted by Crippen LogP contribution is -2.04. The number of rotatable bonds is 4. The third-order valence-corrected chi connectivity index (χ3v) is 2.64. The molecule has 0 atom stereocenters. The molecule has 0 aliphatic carbocycles. The molecule has 1 heterocycles. The predicted molar refractivity (Wildman–Crippen MR) is 69.9 cm³/mol. The van der Waals surface area contributed by atoms with Gasteiger partial charge < -0.3 is 10.1 Å². The van der Waals surface area contributed by atoms with Crippen LogP contribution in [0.3, 0.4) is 0 Å². The number of unbranched alkanes of at least 4 members (excludes halogenated alkanes) is 1. The minimum Gasteiger partial charge on any atom is -0.396 e. The predicted octanol–water partition coefficient (Wildman–Crippen LogP) is 2.31. The molecule has 3 heteroatoms. The molecule has 0 aliphatic rings. The van der Waals surface area contributed by atoms with Crippen molar-refractivity contribution in [2.75, 3.05) is 6.61 Å². The molecule has 0 aliphatic heterocycles. The number of nitrogens with one attached hydrogen (secondary N) is 1. The van der Waals surface area contributed by atoms with E-state index in [0.717, 1.165) is 23.8 Å². The van der Waals surface area contributed by atoms with E-state index in [0.29, 0.717) is 5.39 Å². The number of allylic oxidation sites excluding steroid dienone is 1. The van der Waals surface area contributed by atoms with Gasteiger partial charge in [0.2, 0.25) is 0 Å². The maximum atomic E-state index is 11.6. The standard InChI is InChI=1S/C14H15NO2/c16-9-3-1-2-4-11-5-6-12-7-8-15-14(17)13(12)10-11/h2,4-8,10,16H,1,3,9H2,(H,15,17)/b4-2+. The topological polar surface area (TPSA) is 53.1 Å². The first-order valence-electron chi connectivity index (χ1n) is 5.70. The van der Waals surface area contributed by atoms with Crippen LogP contribution in [0.1, 0.15) is 18.4 Å². The zero-order valence-electron chi connectivity index (χ0n) is 9.52. The lowest BCUT2D eigenvalue weighted by atomic mass is 10.1. The molecule has 0 bridgehead atoms. The third-order valence-electron chi connectivity index (χ3n) is 2.64. The first-order valence-corrected chi connectivity index (χ1v) is 5.70. The Balaban J connectivity index is 2.28. The van der Waals surface area contributed by atoms with Gasteiger partial charge in [-0.1, -0.05) is 24.3 Å². The van der Waals surface area contributed by atoms with Crippen molar-refractivity contribution in [2.24, 2.45) is 0 Å². The highest BCUT2D eigenvalue weighted by Gasteiger charge is 1.97. The number of hydrogen-bond donors (Lipinski definition) is 2. The van der Waals surface area contributed by atoms with Gasteiger partial charge in [-0.2, -0.15) is 0 Å². The van der Waals surface area contributed by atoms with E-state index in [2.05, 4.69) is 4.98 Å². The summed E-state index contributed by atoms with van der Waals surface area (Å²) in [6.07, 6.45) is 7.25. The zero-order valence-corrected chi connectivity index (χ0v) is 9.52. The Kier molecular flexibility index (Phi) is 3.73. The second-order valence-corrected chi connectivity index (χ2v) is 3.92. The fourth-order valence-electron chi connectivity index (χ4n) is 1.73. The number of aliphatic hydroxyl groups excluding tert-OH is 1. The Bertz CT molecular complexity index is 584. The van der Waals surface area contributed by atoms with Gasteiger partial charge in [-0.25, -0.2) is 0 Å². The third kappa shape index (κ3) is 2.82. The van der Waals surface area contributed by atoms with E-state index in [1.54, 1.807) is 6.20 Å². The van der Waals surface area contributed by atoms with Crippen LogP contribution in [0.2, 0.25) is 0 Å². The monoisotopic (exact) mass is 229 g/mol. The Morgan fingerprint density at radius 1 is 1.29 bits per heavy atom. The molecule has 0 fully saturated rings. The lowest BCUT2D eigenvalue weighted by molar-refractivity contribution is 0.290. The Hall–Kier alpha value is -1.87. The van der Waals surface area contributed by atoms with Crippen molar-refractivity contribution in [1.29, 1.82) is 0 Å². The maximum absolute atomic E-state index is 11.6. The molecule has 0 spiro atoms. The second kappa shape index (κ2) is 5.46. The van der Waals surface area contributed by atoms with Crippen molar-refractivity contribution >= 4 is 16.8 Å². The van der Waals surface area contributed by atoms with Gasteiger partial charge in [0.1, 0.15) is 0 Å². The SMILES string of the molecule is O=c1[nH]ccc2ccc(/C=C/CCCO)cc12. The van der Waals surface area contributed by atoms with Gasteiger partial charge in [-0.3, -0.25) is 4.79 Å². The quantitative estimate of drug-likeness (QED) is 0.790. The van der Waals surface area contributed by atoms with Crippen molar-refractivity contribution in [1.82, 2.24) is 4.98 Å².